The Labute approximate surface area is 125 Å². The molecule has 0 saturated heterocycles. The standard InChI is InChI=1S/C18H18N2O/c1-14(12-16-6-4-3-5-7-16)13-19-17-8-10-18(11-9-17)20-15(2)21/h3-13H,1-2H3,(H,20,21). The van der Waals surface area contributed by atoms with E-state index in [1.165, 1.54) is 6.92 Å². The van der Waals surface area contributed by atoms with Crippen molar-refractivity contribution in [3.63, 3.8) is 0 Å². The lowest BCUT2D eigenvalue weighted by Gasteiger charge is -2.01. The third kappa shape index (κ3) is 5.07. The number of amides is 1. The number of aliphatic imine (C=N–C) groups is 1. The van der Waals surface area contributed by atoms with Gasteiger partial charge in [0, 0.05) is 18.8 Å². The Balaban J connectivity index is 2.03. The van der Waals surface area contributed by atoms with E-state index in [4.69, 9.17) is 0 Å². The molecule has 0 bridgehead atoms. The first-order valence-corrected chi connectivity index (χ1v) is 6.78. The summed E-state index contributed by atoms with van der Waals surface area (Å²) in [5.41, 5.74) is 3.86. The van der Waals surface area contributed by atoms with Gasteiger partial charge in [0.05, 0.1) is 5.69 Å². The second-order valence-electron chi connectivity index (χ2n) is 4.79. The van der Waals surface area contributed by atoms with Crippen molar-refractivity contribution in [2.45, 2.75) is 13.8 Å². The molecule has 21 heavy (non-hydrogen) atoms. The van der Waals surface area contributed by atoms with E-state index < -0.39 is 0 Å². The van der Waals surface area contributed by atoms with E-state index in [-0.39, 0.29) is 5.91 Å². The lowest BCUT2D eigenvalue weighted by atomic mass is 10.1. The molecular formula is C18H18N2O. The molecular weight excluding hydrogens is 260 g/mol. The lowest BCUT2D eigenvalue weighted by molar-refractivity contribution is -0.114. The van der Waals surface area contributed by atoms with Crippen molar-refractivity contribution in [1.82, 2.24) is 0 Å². The molecule has 1 amide bonds. The zero-order chi connectivity index (χ0) is 15.1. The van der Waals surface area contributed by atoms with Crippen LogP contribution in [0.25, 0.3) is 6.08 Å². The molecule has 0 aliphatic rings. The van der Waals surface area contributed by atoms with E-state index in [9.17, 15) is 4.79 Å². The van der Waals surface area contributed by atoms with Crippen LogP contribution in [0.4, 0.5) is 11.4 Å². The largest absolute Gasteiger partial charge is 0.326 e. The highest BCUT2D eigenvalue weighted by molar-refractivity contribution is 5.89. The van der Waals surface area contributed by atoms with Crippen molar-refractivity contribution in [2.24, 2.45) is 4.99 Å². The normalized spacial score (nSPS) is 11.6. The average molecular weight is 278 g/mol. The first kappa shape index (κ1) is 14.7. The van der Waals surface area contributed by atoms with E-state index in [1.54, 1.807) is 0 Å². The van der Waals surface area contributed by atoms with Crippen molar-refractivity contribution in [3.05, 3.63) is 65.7 Å². The smallest absolute Gasteiger partial charge is 0.221 e. The van der Waals surface area contributed by atoms with Gasteiger partial charge in [-0.1, -0.05) is 36.4 Å². The summed E-state index contributed by atoms with van der Waals surface area (Å²) in [7, 11) is 0. The van der Waals surface area contributed by atoms with Crippen LogP contribution < -0.4 is 5.32 Å². The zero-order valence-electron chi connectivity index (χ0n) is 12.2. The number of anilines is 1. The van der Waals surface area contributed by atoms with Gasteiger partial charge >= 0.3 is 0 Å². The van der Waals surface area contributed by atoms with Gasteiger partial charge in [0.1, 0.15) is 0 Å². The van der Waals surface area contributed by atoms with Crippen LogP contribution in [0.3, 0.4) is 0 Å². The van der Waals surface area contributed by atoms with Crippen LogP contribution in [0, 0.1) is 0 Å². The maximum atomic E-state index is 10.9. The van der Waals surface area contributed by atoms with Gasteiger partial charge in [-0.15, -0.1) is 0 Å². The monoisotopic (exact) mass is 278 g/mol. The number of hydrogen-bond acceptors (Lipinski definition) is 2. The van der Waals surface area contributed by atoms with Crippen molar-refractivity contribution < 1.29 is 4.79 Å². The molecule has 0 aliphatic heterocycles. The summed E-state index contributed by atoms with van der Waals surface area (Å²) in [5.74, 6) is -0.0760. The fraction of sp³-hybridized carbons (Fsp3) is 0.111. The van der Waals surface area contributed by atoms with Gasteiger partial charge in [0.25, 0.3) is 0 Å². The summed E-state index contributed by atoms with van der Waals surface area (Å²) in [6, 6.07) is 17.5. The van der Waals surface area contributed by atoms with E-state index in [2.05, 4.69) is 28.5 Å². The SMILES string of the molecule is CC(=O)Nc1ccc(N=CC(C)=Cc2ccccc2)cc1. The minimum atomic E-state index is -0.0760. The minimum Gasteiger partial charge on any atom is -0.326 e. The van der Waals surface area contributed by atoms with Crippen LogP contribution in [-0.2, 0) is 4.79 Å². The predicted molar refractivity (Wildman–Crippen MR) is 89.0 cm³/mol. The number of rotatable bonds is 4. The van der Waals surface area contributed by atoms with Gasteiger partial charge in [-0.05, 0) is 42.3 Å². The molecule has 1 N–H and O–H groups in total. The van der Waals surface area contributed by atoms with Gasteiger partial charge in [0.2, 0.25) is 5.91 Å². The molecule has 2 aromatic rings. The summed E-state index contributed by atoms with van der Waals surface area (Å²) >= 11 is 0. The highest BCUT2D eigenvalue weighted by atomic mass is 16.1. The maximum absolute atomic E-state index is 10.9. The van der Waals surface area contributed by atoms with E-state index in [0.29, 0.717) is 0 Å². The summed E-state index contributed by atoms with van der Waals surface area (Å²) in [6.07, 6.45) is 3.91. The summed E-state index contributed by atoms with van der Waals surface area (Å²) in [4.78, 5) is 15.4. The van der Waals surface area contributed by atoms with Crippen LogP contribution in [0.5, 0.6) is 0 Å². The number of nitrogens with one attached hydrogen (secondary N) is 1. The molecule has 3 heteroatoms. The molecule has 2 aromatic carbocycles. The molecule has 0 saturated carbocycles. The summed E-state index contributed by atoms with van der Waals surface area (Å²) in [5, 5.41) is 2.73. The third-order valence-corrected chi connectivity index (χ3v) is 2.80. The van der Waals surface area contributed by atoms with Crippen LogP contribution in [0.2, 0.25) is 0 Å². The van der Waals surface area contributed by atoms with E-state index >= 15 is 0 Å². The molecule has 0 aliphatic carbocycles. The molecule has 0 unspecified atom stereocenters. The fourth-order valence-corrected chi connectivity index (χ4v) is 1.86. The second kappa shape index (κ2) is 7.20. The van der Waals surface area contributed by atoms with Crippen molar-refractivity contribution >= 4 is 29.6 Å². The van der Waals surface area contributed by atoms with Crippen LogP contribution in [-0.4, -0.2) is 12.1 Å². The Kier molecular flexibility index (Phi) is 5.04. The summed E-state index contributed by atoms with van der Waals surface area (Å²) < 4.78 is 0. The maximum Gasteiger partial charge on any atom is 0.221 e. The number of hydrogen-bond donors (Lipinski definition) is 1. The number of nitrogens with zero attached hydrogens (tertiary/aromatic N) is 1. The predicted octanol–water partition coefficient (Wildman–Crippen LogP) is 4.45. The molecule has 0 radical (unpaired) electrons. The first-order valence-electron chi connectivity index (χ1n) is 6.78. The summed E-state index contributed by atoms with van der Waals surface area (Å²) in [6.45, 7) is 3.51. The van der Waals surface area contributed by atoms with Crippen molar-refractivity contribution in [3.8, 4) is 0 Å². The number of allylic oxidation sites excluding steroid dienone is 1. The first-order chi connectivity index (χ1) is 10.1. The zero-order valence-corrected chi connectivity index (χ0v) is 12.2. The minimum absolute atomic E-state index is 0.0760. The quantitative estimate of drug-likeness (QED) is 0.825. The second-order valence-corrected chi connectivity index (χ2v) is 4.79. The van der Waals surface area contributed by atoms with Gasteiger partial charge in [-0.3, -0.25) is 9.79 Å². The van der Waals surface area contributed by atoms with Crippen LogP contribution >= 0.6 is 0 Å². The molecule has 106 valence electrons. The molecule has 0 spiro atoms. The van der Waals surface area contributed by atoms with Crippen LogP contribution in [0.1, 0.15) is 19.4 Å². The Morgan fingerprint density at radius 2 is 1.67 bits per heavy atom. The van der Waals surface area contributed by atoms with Gasteiger partial charge < -0.3 is 5.32 Å². The topological polar surface area (TPSA) is 41.5 Å². The van der Waals surface area contributed by atoms with Gasteiger partial charge in [0.15, 0.2) is 0 Å². The molecule has 2 rings (SSSR count). The lowest BCUT2D eigenvalue weighted by Crippen LogP contribution is -2.04. The Hall–Kier alpha value is -2.68. The Morgan fingerprint density at radius 1 is 1.00 bits per heavy atom. The molecule has 0 heterocycles. The van der Waals surface area contributed by atoms with Crippen LogP contribution in [0.15, 0.2) is 65.2 Å². The van der Waals surface area contributed by atoms with Gasteiger partial charge in [-0.25, -0.2) is 0 Å². The third-order valence-electron chi connectivity index (χ3n) is 2.80. The molecule has 3 nitrogen and oxygen atoms in total. The van der Waals surface area contributed by atoms with E-state index in [0.717, 1.165) is 22.5 Å². The van der Waals surface area contributed by atoms with Crippen molar-refractivity contribution in [2.75, 3.05) is 5.32 Å². The fourth-order valence-electron chi connectivity index (χ4n) is 1.86. The Bertz CT molecular complexity index is 655. The Morgan fingerprint density at radius 3 is 2.29 bits per heavy atom. The van der Waals surface area contributed by atoms with Gasteiger partial charge in [-0.2, -0.15) is 0 Å². The van der Waals surface area contributed by atoms with Crippen molar-refractivity contribution in [1.29, 1.82) is 0 Å². The molecule has 0 atom stereocenters. The average Bonchev–Trinajstić information content (AvgIpc) is 2.47. The highest BCUT2D eigenvalue weighted by Crippen LogP contribution is 2.16. The highest BCUT2D eigenvalue weighted by Gasteiger charge is 1.95. The number of carbonyl (C=O) groups excluding carboxylic acids is 1. The van der Waals surface area contributed by atoms with E-state index in [1.807, 2.05) is 55.6 Å². The molecule has 0 aromatic heterocycles. The number of benzene rings is 2. The number of carbonyl (C=O) groups is 1. The molecule has 0 fully saturated rings.